The van der Waals surface area contributed by atoms with Crippen molar-refractivity contribution in [2.45, 2.75) is 0 Å². The zero-order chi connectivity index (χ0) is 15.1. The van der Waals surface area contributed by atoms with Gasteiger partial charge in [-0.15, -0.1) is 11.3 Å². The van der Waals surface area contributed by atoms with Crippen LogP contribution in [0.5, 0.6) is 0 Å². The summed E-state index contributed by atoms with van der Waals surface area (Å²) in [5, 5.41) is 3.89. The number of hydrogen-bond donors (Lipinski definition) is 1. The number of H-pyrrole nitrogens is 1. The summed E-state index contributed by atoms with van der Waals surface area (Å²) in [5.41, 5.74) is 2.91. The minimum Gasteiger partial charge on any atom is -0.360 e. The first-order valence-electron chi connectivity index (χ1n) is 6.31. The average Bonchev–Trinajstić information content (AvgIpc) is 3.13. The van der Waals surface area contributed by atoms with Gasteiger partial charge in [0.15, 0.2) is 5.82 Å². The molecule has 0 saturated carbocycles. The maximum atomic E-state index is 10.9. The van der Waals surface area contributed by atoms with Crippen molar-refractivity contribution < 1.29 is 8.42 Å². The van der Waals surface area contributed by atoms with Crippen molar-refractivity contribution in [2.24, 2.45) is 0 Å². The molecule has 0 unspecified atom stereocenters. The number of aromatic nitrogens is 4. The molecule has 4 rings (SSSR count). The largest absolute Gasteiger partial charge is 0.360 e. The van der Waals surface area contributed by atoms with E-state index in [1.807, 2.05) is 12.3 Å². The van der Waals surface area contributed by atoms with Crippen LogP contribution in [0.3, 0.4) is 0 Å². The van der Waals surface area contributed by atoms with Crippen LogP contribution in [0, 0.1) is 0 Å². The Hall–Kier alpha value is -2.58. The molecule has 0 atom stereocenters. The summed E-state index contributed by atoms with van der Waals surface area (Å²) in [5.74, 6) is 0.523. The zero-order valence-electron chi connectivity index (χ0n) is 11.0. The highest BCUT2D eigenvalue weighted by Gasteiger charge is 2.11. The van der Waals surface area contributed by atoms with E-state index in [-0.39, 0.29) is 0 Å². The maximum Gasteiger partial charge on any atom is 0.214 e. The fourth-order valence-electron chi connectivity index (χ4n) is 2.32. The van der Waals surface area contributed by atoms with Crippen molar-refractivity contribution in [1.82, 2.24) is 19.9 Å². The first kappa shape index (κ1) is 13.1. The summed E-state index contributed by atoms with van der Waals surface area (Å²) < 4.78 is 22.6. The third kappa shape index (κ3) is 2.09. The maximum absolute atomic E-state index is 10.9. The number of thiophene rings is 1. The quantitative estimate of drug-likeness (QED) is 0.570. The van der Waals surface area contributed by atoms with Crippen LogP contribution in [-0.2, 0) is 10.3 Å². The Morgan fingerprint density at radius 1 is 1.23 bits per heavy atom. The van der Waals surface area contributed by atoms with Crippen LogP contribution in [0.25, 0.3) is 32.5 Å². The van der Waals surface area contributed by atoms with E-state index in [0.29, 0.717) is 16.9 Å². The first-order chi connectivity index (χ1) is 10.7. The predicted octanol–water partition coefficient (Wildman–Crippen LogP) is 2.26. The van der Waals surface area contributed by atoms with Crippen LogP contribution in [0.15, 0.2) is 36.2 Å². The van der Waals surface area contributed by atoms with Crippen molar-refractivity contribution in [3.8, 4) is 11.4 Å². The molecule has 108 valence electrons. The smallest absolute Gasteiger partial charge is 0.214 e. The molecular weight excluding hydrogens is 320 g/mol. The van der Waals surface area contributed by atoms with Crippen molar-refractivity contribution in [3.63, 3.8) is 0 Å². The van der Waals surface area contributed by atoms with Gasteiger partial charge in [0.05, 0.1) is 27.3 Å². The van der Waals surface area contributed by atoms with Crippen LogP contribution in [-0.4, -0.2) is 33.7 Å². The number of hydrogen-bond acceptors (Lipinski definition) is 6. The molecule has 0 fully saturated rings. The highest BCUT2D eigenvalue weighted by atomic mass is 32.2. The Labute approximate surface area is 130 Å². The van der Waals surface area contributed by atoms with E-state index in [1.54, 1.807) is 24.0 Å². The van der Waals surface area contributed by atoms with Crippen molar-refractivity contribution >= 4 is 48.1 Å². The molecule has 22 heavy (non-hydrogen) atoms. The lowest BCUT2D eigenvalue weighted by molar-refractivity contribution is 0.627. The lowest BCUT2D eigenvalue weighted by Crippen LogP contribution is -1.92. The normalized spacial score (nSPS) is 11.1. The number of nitrogens with one attached hydrogen (secondary N) is 1. The van der Waals surface area contributed by atoms with Gasteiger partial charge in [-0.3, -0.25) is 4.98 Å². The molecule has 8 heteroatoms. The van der Waals surface area contributed by atoms with Crippen molar-refractivity contribution in [2.75, 3.05) is 0 Å². The summed E-state index contributed by atoms with van der Waals surface area (Å²) in [6.45, 7) is 0. The Kier molecular flexibility index (Phi) is 2.98. The molecule has 4 aromatic heterocycles. The fourth-order valence-corrected chi connectivity index (χ4v) is 3.62. The monoisotopic (exact) mass is 328 g/mol. The van der Waals surface area contributed by atoms with E-state index in [1.165, 1.54) is 11.3 Å². The van der Waals surface area contributed by atoms with E-state index in [0.717, 1.165) is 26.5 Å². The number of aromatic amines is 1. The molecule has 6 nitrogen and oxygen atoms in total. The van der Waals surface area contributed by atoms with Gasteiger partial charge in [0, 0.05) is 40.5 Å². The lowest BCUT2D eigenvalue weighted by Gasteiger charge is -2.02. The second kappa shape index (κ2) is 5.00. The van der Waals surface area contributed by atoms with E-state index < -0.39 is 10.3 Å². The fraction of sp³-hybridized carbons (Fsp3) is 0. The summed E-state index contributed by atoms with van der Waals surface area (Å²) in [6, 6.07) is 1.94. The van der Waals surface area contributed by atoms with Crippen LogP contribution < -0.4 is 0 Å². The van der Waals surface area contributed by atoms with Crippen LogP contribution in [0.1, 0.15) is 5.56 Å². The Bertz CT molecular complexity index is 1130. The highest BCUT2D eigenvalue weighted by molar-refractivity contribution is 7.71. The number of nitrogens with zero attached hydrogens (tertiary/aromatic N) is 3. The van der Waals surface area contributed by atoms with Crippen molar-refractivity contribution in [3.05, 3.63) is 41.8 Å². The molecule has 0 aromatic carbocycles. The molecule has 0 bridgehead atoms. The van der Waals surface area contributed by atoms with E-state index in [2.05, 4.69) is 19.9 Å². The highest BCUT2D eigenvalue weighted by Crippen LogP contribution is 2.28. The molecule has 0 aliphatic carbocycles. The van der Waals surface area contributed by atoms with Gasteiger partial charge >= 0.3 is 0 Å². The summed E-state index contributed by atoms with van der Waals surface area (Å²) in [4.78, 5) is 16.2. The molecule has 0 saturated heterocycles. The lowest BCUT2D eigenvalue weighted by atomic mass is 10.1. The van der Waals surface area contributed by atoms with Gasteiger partial charge in [0.1, 0.15) is 0 Å². The SMILES string of the molecule is O=S(=O)=Cc1csc2cnc(-c3cncc4[nH]ccc34)nc12. The summed E-state index contributed by atoms with van der Waals surface area (Å²) in [6.07, 6.45) is 6.98. The summed E-state index contributed by atoms with van der Waals surface area (Å²) in [7, 11) is -2.26. The topological polar surface area (TPSA) is 88.6 Å². The third-order valence-electron chi connectivity index (χ3n) is 3.28. The minimum absolute atomic E-state index is 0.523. The number of rotatable bonds is 2. The molecule has 1 N–H and O–H groups in total. The Morgan fingerprint density at radius 2 is 2.14 bits per heavy atom. The molecule has 4 heterocycles. The molecule has 0 aliphatic heterocycles. The van der Waals surface area contributed by atoms with Gasteiger partial charge in [0.2, 0.25) is 10.3 Å². The minimum atomic E-state index is -2.26. The molecular formula is C14H8N4O2S2. The van der Waals surface area contributed by atoms with Gasteiger partial charge in [-0.05, 0) is 6.07 Å². The third-order valence-corrected chi connectivity index (χ3v) is 4.65. The van der Waals surface area contributed by atoms with E-state index in [9.17, 15) is 8.42 Å². The average molecular weight is 328 g/mol. The molecule has 0 aliphatic rings. The zero-order valence-corrected chi connectivity index (χ0v) is 12.6. The molecule has 4 aromatic rings. The molecule has 0 amide bonds. The number of pyridine rings is 1. The molecule has 0 spiro atoms. The van der Waals surface area contributed by atoms with Crippen LogP contribution >= 0.6 is 11.3 Å². The second-order valence-corrected chi connectivity index (χ2v) is 6.27. The van der Waals surface area contributed by atoms with Gasteiger partial charge in [-0.1, -0.05) is 0 Å². The standard InChI is InChI=1S/C14H8N4O2S2/c19-22(20)7-8-6-21-12-5-17-14(18-13(8)12)10-3-15-4-11-9(10)1-2-16-11/h1-7,16H. The van der Waals surface area contributed by atoms with Crippen LogP contribution in [0.4, 0.5) is 0 Å². The van der Waals surface area contributed by atoms with Crippen LogP contribution in [0.2, 0.25) is 0 Å². The van der Waals surface area contributed by atoms with Gasteiger partial charge in [-0.2, -0.15) is 8.42 Å². The van der Waals surface area contributed by atoms with E-state index >= 15 is 0 Å². The predicted molar refractivity (Wildman–Crippen MR) is 86.6 cm³/mol. The van der Waals surface area contributed by atoms with Gasteiger partial charge in [0.25, 0.3) is 0 Å². The first-order valence-corrected chi connectivity index (χ1v) is 8.33. The van der Waals surface area contributed by atoms with E-state index in [4.69, 9.17) is 0 Å². The van der Waals surface area contributed by atoms with Gasteiger partial charge in [-0.25, -0.2) is 9.97 Å². The Morgan fingerprint density at radius 3 is 3.00 bits per heavy atom. The van der Waals surface area contributed by atoms with Crippen molar-refractivity contribution in [1.29, 1.82) is 0 Å². The van der Waals surface area contributed by atoms with Gasteiger partial charge < -0.3 is 4.98 Å². The number of fused-ring (bicyclic) bond motifs is 2. The second-order valence-electron chi connectivity index (χ2n) is 4.60. The Balaban J connectivity index is 2.00. The summed E-state index contributed by atoms with van der Waals surface area (Å²) >= 11 is 1.41. The molecule has 0 radical (unpaired) electrons.